The molecule has 0 bridgehead atoms. The highest BCUT2D eigenvalue weighted by molar-refractivity contribution is 7.18. The van der Waals surface area contributed by atoms with E-state index in [1.807, 2.05) is 6.92 Å². The molecule has 0 aliphatic carbocycles. The molecule has 0 aromatic carbocycles. The zero-order chi connectivity index (χ0) is 15.7. The highest BCUT2D eigenvalue weighted by atomic mass is 35.5. The number of hydrogen-bond donors (Lipinski definition) is 0. The normalized spacial score (nSPS) is 18.5. The number of piperidine rings is 1. The van der Waals surface area contributed by atoms with Crippen molar-refractivity contribution in [3.8, 4) is 0 Å². The second-order valence-electron chi connectivity index (χ2n) is 5.22. The minimum atomic E-state index is -0.433. The third kappa shape index (κ3) is 3.11. The van der Waals surface area contributed by atoms with Crippen molar-refractivity contribution in [2.75, 3.05) is 25.1 Å². The van der Waals surface area contributed by atoms with Crippen LogP contribution in [0.4, 0.5) is 5.13 Å². The molecule has 1 atom stereocenters. The van der Waals surface area contributed by atoms with E-state index in [0.29, 0.717) is 10.8 Å². The van der Waals surface area contributed by atoms with Crippen LogP contribution in [0, 0.1) is 6.92 Å². The molecule has 0 amide bonds. The summed E-state index contributed by atoms with van der Waals surface area (Å²) in [6.45, 7) is 3.80. The zero-order valence-electron chi connectivity index (χ0n) is 12.3. The van der Waals surface area contributed by atoms with E-state index in [1.54, 1.807) is 11.3 Å². The first-order valence-corrected chi connectivity index (χ1v) is 9.07. The van der Waals surface area contributed by atoms with Crippen molar-refractivity contribution < 1.29 is 9.53 Å². The van der Waals surface area contributed by atoms with E-state index in [1.165, 1.54) is 23.5 Å². The van der Waals surface area contributed by atoms with E-state index >= 15 is 0 Å². The van der Waals surface area contributed by atoms with Gasteiger partial charge >= 0.3 is 5.97 Å². The number of aryl methyl sites for hydroxylation is 1. The molecule has 0 radical (unpaired) electrons. The summed E-state index contributed by atoms with van der Waals surface area (Å²) in [7, 11) is 1.35. The highest BCUT2D eigenvalue weighted by Gasteiger charge is 2.27. The number of ether oxygens (including phenoxy) is 1. The molecular weight excluding hydrogens is 342 g/mol. The third-order valence-electron chi connectivity index (χ3n) is 3.62. The molecule has 3 heterocycles. The van der Waals surface area contributed by atoms with E-state index in [0.717, 1.165) is 36.8 Å². The maximum Gasteiger partial charge on any atom is 0.351 e. The topological polar surface area (TPSA) is 55.3 Å². The zero-order valence-corrected chi connectivity index (χ0v) is 14.7. The molecule has 1 unspecified atom stereocenters. The summed E-state index contributed by atoms with van der Waals surface area (Å²) in [5.74, 6) is -0.0189. The van der Waals surface area contributed by atoms with Crippen LogP contribution in [0.5, 0.6) is 0 Å². The average molecular weight is 358 g/mol. The molecule has 2 aromatic rings. The van der Waals surface area contributed by atoms with Gasteiger partial charge in [-0.25, -0.2) is 14.8 Å². The lowest BCUT2D eigenvalue weighted by Gasteiger charge is -2.31. The first kappa shape index (κ1) is 15.7. The number of methoxy groups -OCH3 is 1. The smallest absolute Gasteiger partial charge is 0.351 e. The summed E-state index contributed by atoms with van der Waals surface area (Å²) >= 11 is 9.06. The molecule has 1 aliphatic heterocycles. The van der Waals surface area contributed by atoms with Gasteiger partial charge in [0.25, 0.3) is 0 Å². The largest absolute Gasteiger partial charge is 0.465 e. The van der Waals surface area contributed by atoms with Crippen molar-refractivity contribution in [3.63, 3.8) is 0 Å². The summed E-state index contributed by atoms with van der Waals surface area (Å²) < 4.78 is 4.73. The van der Waals surface area contributed by atoms with Crippen LogP contribution in [0.25, 0.3) is 0 Å². The molecular formula is C14H16ClN3O2S2. The van der Waals surface area contributed by atoms with Crippen LogP contribution in [0.1, 0.15) is 39.1 Å². The Bertz CT molecular complexity index is 685. The molecule has 5 nitrogen and oxygen atoms in total. The molecule has 1 fully saturated rings. The third-order valence-corrected chi connectivity index (χ3v) is 6.23. The van der Waals surface area contributed by atoms with Crippen LogP contribution >= 0.6 is 34.3 Å². The summed E-state index contributed by atoms with van der Waals surface area (Å²) in [6.07, 6.45) is 2.21. The van der Waals surface area contributed by atoms with Gasteiger partial charge in [0.15, 0.2) is 15.2 Å². The van der Waals surface area contributed by atoms with Crippen molar-refractivity contribution in [2.45, 2.75) is 25.7 Å². The Morgan fingerprint density at radius 2 is 2.32 bits per heavy atom. The number of aromatic nitrogens is 2. The van der Waals surface area contributed by atoms with Gasteiger partial charge in [-0.05, 0) is 19.8 Å². The van der Waals surface area contributed by atoms with Crippen molar-refractivity contribution in [1.82, 2.24) is 9.97 Å². The molecule has 3 rings (SSSR count). The molecule has 0 N–H and O–H groups in total. The lowest BCUT2D eigenvalue weighted by molar-refractivity contribution is 0.0606. The maximum atomic E-state index is 11.7. The minimum Gasteiger partial charge on any atom is -0.465 e. The van der Waals surface area contributed by atoms with Crippen molar-refractivity contribution in [3.05, 3.63) is 26.1 Å². The summed E-state index contributed by atoms with van der Waals surface area (Å²) in [5, 5.41) is 4.27. The lowest BCUT2D eigenvalue weighted by atomic mass is 9.99. The fourth-order valence-electron chi connectivity index (χ4n) is 2.56. The van der Waals surface area contributed by atoms with Crippen LogP contribution in [-0.2, 0) is 4.74 Å². The van der Waals surface area contributed by atoms with Gasteiger partial charge in [0.2, 0.25) is 0 Å². The van der Waals surface area contributed by atoms with Gasteiger partial charge < -0.3 is 9.64 Å². The number of hydrogen-bond acceptors (Lipinski definition) is 7. The molecule has 0 spiro atoms. The van der Waals surface area contributed by atoms with E-state index in [4.69, 9.17) is 16.3 Å². The number of carbonyl (C=O) groups is 1. The quantitative estimate of drug-likeness (QED) is 0.783. The molecule has 0 saturated carbocycles. The molecule has 2 aromatic heterocycles. The number of nitrogens with zero attached hydrogens (tertiary/aromatic N) is 3. The fourth-order valence-corrected chi connectivity index (χ4v) is 4.72. The number of anilines is 1. The van der Waals surface area contributed by atoms with Crippen molar-refractivity contribution in [2.24, 2.45) is 0 Å². The van der Waals surface area contributed by atoms with E-state index in [-0.39, 0.29) is 5.15 Å². The molecule has 22 heavy (non-hydrogen) atoms. The van der Waals surface area contributed by atoms with E-state index in [2.05, 4.69) is 20.2 Å². The van der Waals surface area contributed by atoms with Gasteiger partial charge in [0, 0.05) is 30.1 Å². The van der Waals surface area contributed by atoms with Gasteiger partial charge in [-0.15, -0.1) is 11.3 Å². The Morgan fingerprint density at radius 1 is 1.50 bits per heavy atom. The van der Waals surface area contributed by atoms with Crippen molar-refractivity contribution in [1.29, 1.82) is 0 Å². The standard InChI is InChI=1S/C14H16ClN3O2S2/c1-8-7-21-12(16-8)9-4-3-5-18(6-9)14-17-11(15)10(22-14)13(19)20-2/h7,9H,3-6H2,1-2H3. The van der Waals surface area contributed by atoms with Crippen LogP contribution in [0.2, 0.25) is 5.15 Å². The second kappa shape index (κ2) is 6.52. The fraction of sp³-hybridized carbons (Fsp3) is 0.500. The SMILES string of the molecule is COC(=O)c1sc(N2CCCC(c3nc(C)cs3)C2)nc1Cl. The number of carbonyl (C=O) groups excluding carboxylic acids is 1. The molecule has 1 aliphatic rings. The van der Waals surface area contributed by atoms with Gasteiger partial charge in [-0.1, -0.05) is 22.9 Å². The van der Waals surface area contributed by atoms with Crippen LogP contribution in [-0.4, -0.2) is 36.1 Å². The molecule has 8 heteroatoms. The first-order chi connectivity index (χ1) is 10.6. The predicted octanol–water partition coefficient (Wildman–Crippen LogP) is 3.73. The Kier molecular flexibility index (Phi) is 4.65. The number of halogens is 1. The first-order valence-electron chi connectivity index (χ1n) is 7.00. The molecule has 118 valence electrons. The number of thiazole rings is 2. The van der Waals surface area contributed by atoms with Crippen molar-refractivity contribution >= 4 is 45.4 Å². The van der Waals surface area contributed by atoms with Gasteiger partial charge in [-0.3, -0.25) is 0 Å². The van der Waals surface area contributed by atoms with Crippen LogP contribution in [0.15, 0.2) is 5.38 Å². The Morgan fingerprint density at radius 3 is 3.00 bits per heavy atom. The summed E-state index contributed by atoms with van der Waals surface area (Å²) in [6, 6.07) is 0. The summed E-state index contributed by atoms with van der Waals surface area (Å²) in [5.41, 5.74) is 1.07. The van der Waals surface area contributed by atoms with Gasteiger partial charge in [0.05, 0.1) is 12.1 Å². The Balaban J connectivity index is 1.79. The second-order valence-corrected chi connectivity index (χ2v) is 7.45. The minimum absolute atomic E-state index is 0.221. The summed E-state index contributed by atoms with van der Waals surface area (Å²) in [4.78, 5) is 23.1. The van der Waals surface area contributed by atoms with E-state index < -0.39 is 5.97 Å². The monoisotopic (exact) mass is 357 g/mol. The number of rotatable bonds is 3. The predicted molar refractivity (Wildman–Crippen MR) is 89.5 cm³/mol. The van der Waals surface area contributed by atoms with E-state index in [9.17, 15) is 4.79 Å². The Hall–Kier alpha value is -1.18. The van der Waals surface area contributed by atoms with Gasteiger partial charge in [-0.2, -0.15) is 0 Å². The highest BCUT2D eigenvalue weighted by Crippen LogP contribution is 2.35. The average Bonchev–Trinajstić information content (AvgIpc) is 3.13. The molecule has 1 saturated heterocycles. The van der Waals surface area contributed by atoms with Crippen LogP contribution in [0.3, 0.4) is 0 Å². The Labute approximate surface area is 141 Å². The maximum absolute atomic E-state index is 11.7. The number of esters is 1. The van der Waals surface area contributed by atoms with Gasteiger partial charge in [0.1, 0.15) is 0 Å². The lowest BCUT2D eigenvalue weighted by Crippen LogP contribution is -2.34. The van der Waals surface area contributed by atoms with Crippen LogP contribution < -0.4 is 4.90 Å².